The molecule has 1 saturated heterocycles. The molecule has 0 bridgehead atoms. The van der Waals surface area contributed by atoms with Crippen LogP contribution in [0.5, 0.6) is 5.75 Å². The van der Waals surface area contributed by atoms with E-state index in [2.05, 4.69) is 0 Å². The molecule has 4 rings (SSSR count). The minimum absolute atomic E-state index is 0.0512. The SMILES string of the molecule is N=C(N)c1cccc(CCN2CCc3cc(OC4CCN(C(=N)N)CC4)ccc3C2=O)c1. The average Bonchev–Trinajstić information content (AvgIpc) is 2.79. The Bertz CT molecular complexity index is 1030. The van der Waals surface area contributed by atoms with Crippen LogP contribution in [0, 0.1) is 10.8 Å². The number of nitrogens with two attached hydrogens (primary N) is 2. The monoisotopic (exact) mass is 434 g/mol. The molecule has 8 nitrogen and oxygen atoms in total. The van der Waals surface area contributed by atoms with Gasteiger partial charge in [0.25, 0.3) is 5.91 Å². The third-order valence-electron chi connectivity index (χ3n) is 6.24. The first-order chi connectivity index (χ1) is 15.4. The molecule has 2 aliphatic rings. The van der Waals surface area contributed by atoms with Crippen molar-refractivity contribution in [2.75, 3.05) is 26.2 Å². The molecule has 0 unspecified atom stereocenters. The van der Waals surface area contributed by atoms with Gasteiger partial charge in [0, 0.05) is 50.1 Å². The number of amides is 1. The highest BCUT2D eigenvalue weighted by molar-refractivity contribution is 5.97. The second-order valence-corrected chi connectivity index (χ2v) is 8.41. The molecule has 2 aliphatic heterocycles. The maximum Gasteiger partial charge on any atom is 0.254 e. The standard InChI is InChI=1S/C24H30N6O2/c25-22(26)18-3-1-2-16(14-18)6-10-29-11-7-17-15-20(4-5-21(17)23(29)31)32-19-8-12-30(13-9-19)24(27)28/h1-5,14-15,19H,6-13H2,(H3,25,26)(H3,27,28). The van der Waals surface area contributed by atoms with Crippen LogP contribution in [0.1, 0.15) is 39.9 Å². The summed E-state index contributed by atoms with van der Waals surface area (Å²) in [6.07, 6.45) is 3.28. The molecule has 0 saturated carbocycles. The van der Waals surface area contributed by atoms with Gasteiger partial charge < -0.3 is 26.0 Å². The van der Waals surface area contributed by atoms with Crippen molar-refractivity contribution in [1.29, 1.82) is 10.8 Å². The number of nitrogens with zero attached hydrogens (tertiary/aromatic N) is 2. The lowest BCUT2D eigenvalue weighted by atomic mass is 9.98. The molecule has 168 valence electrons. The van der Waals surface area contributed by atoms with Gasteiger partial charge in [-0.3, -0.25) is 15.6 Å². The van der Waals surface area contributed by atoms with E-state index in [4.69, 9.17) is 27.0 Å². The van der Waals surface area contributed by atoms with E-state index in [9.17, 15) is 4.79 Å². The number of carbonyl (C=O) groups is 1. The van der Waals surface area contributed by atoms with Crippen LogP contribution < -0.4 is 16.2 Å². The van der Waals surface area contributed by atoms with Crippen LogP contribution in [0.25, 0.3) is 0 Å². The first kappa shape index (κ1) is 21.7. The number of hydrogen-bond acceptors (Lipinski definition) is 4. The third-order valence-corrected chi connectivity index (χ3v) is 6.24. The number of fused-ring (bicyclic) bond motifs is 1. The van der Waals surface area contributed by atoms with E-state index >= 15 is 0 Å². The molecule has 0 atom stereocenters. The predicted octanol–water partition coefficient (Wildman–Crippen LogP) is 1.95. The number of ether oxygens (including phenoxy) is 1. The number of piperidine rings is 1. The topological polar surface area (TPSA) is 133 Å². The summed E-state index contributed by atoms with van der Waals surface area (Å²) in [4.78, 5) is 16.8. The van der Waals surface area contributed by atoms with E-state index in [-0.39, 0.29) is 23.8 Å². The van der Waals surface area contributed by atoms with Crippen molar-refractivity contribution in [3.05, 3.63) is 64.7 Å². The Morgan fingerprint density at radius 3 is 2.56 bits per heavy atom. The molecular formula is C24H30N6O2. The van der Waals surface area contributed by atoms with Crippen LogP contribution in [0.4, 0.5) is 0 Å². The summed E-state index contributed by atoms with van der Waals surface area (Å²) < 4.78 is 6.16. The van der Waals surface area contributed by atoms with Crippen LogP contribution in [0.3, 0.4) is 0 Å². The van der Waals surface area contributed by atoms with E-state index in [1.165, 1.54) is 0 Å². The van der Waals surface area contributed by atoms with Gasteiger partial charge in [0.1, 0.15) is 17.7 Å². The van der Waals surface area contributed by atoms with Gasteiger partial charge in [-0.25, -0.2) is 0 Å². The molecule has 0 spiro atoms. The van der Waals surface area contributed by atoms with E-state index in [0.29, 0.717) is 18.7 Å². The summed E-state index contributed by atoms with van der Waals surface area (Å²) in [5.41, 5.74) is 14.7. The van der Waals surface area contributed by atoms with Gasteiger partial charge in [-0.1, -0.05) is 18.2 Å². The highest BCUT2D eigenvalue weighted by Crippen LogP contribution is 2.26. The van der Waals surface area contributed by atoms with Crippen LogP contribution in [0.2, 0.25) is 0 Å². The zero-order chi connectivity index (χ0) is 22.7. The molecule has 32 heavy (non-hydrogen) atoms. The largest absolute Gasteiger partial charge is 0.490 e. The van der Waals surface area contributed by atoms with Gasteiger partial charge in [0.05, 0.1) is 0 Å². The molecule has 0 aromatic heterocycles. The fourth-order valence-electron chi connectivity index (χ4n) is 4.36. The molecule has 2 aromatic carbocycles. The average molecular weight is 435 g/mol. The Morgan fingerprint density at radius 2 is 1.84 bits per heavy atom. The summed E-state index contributed by atoms with van der Waals surface area (Å²) in [6.45, 7) is 2.77. The first-order valence-electron chi connectivity index (χ1n) is 11.0. The third kappa shape index (κ3) is 4.85. The Kier molecular flexibility index (Phi) is 6.30. The molecule has 2 aromatic rings. The lowest BCUT2D eigenvalue weighted by Crippen LogP contribution is -2.44. The maximum atomic E-state index is 13.0. The van der Waals surface area contributed by atoms with Gasteiger partial charge in [0.2, 0.25) is 0 Å². The Labute approximate surface area is 188 Å². The van der Waals surface area contributed by atoms with E-state index in [1.54, 1.807) is 0 Å². The molecule has 0 aliphatic carbocycles. The molecule has 1 fully saturated rings. The van der Waals surface area contributed by atoms with Crippen molar-refractivity contribution in [3.8, 4) is 5.75 Å². The molecule has 1 amide bonds. The number of amidine groups is 1. The predicted molar refractivity (Wildman–Crippen MR) is 124 cm³/mol. The lowest BCUT2D eigenvalue weighted by Gasteiger charge is -2.33. The Morgan fingerprint density at radius 1 is 1.06 bits per heavy atom. The zero-order valence-corrected chi connectivity index (χ0v) is 18.1. The molecular weight excluding hydrogens is 404 g/mol. The van der Waals surface area contributed by atoms with Gasteiger partial charge in [0.15, 0.2) is 5.96 Å². The van der Waals surface area contributed by atoms with Crippen molar-refractivity contribution >= 4 is 17.7 Å². The van der Waals surface area contributed by atoms with E-state index < -0.39 is 0 Å². The van der Waals surface area contributed by atoms with Crippen LogP contribution in [-0.2, 0) is 12.8 Å². The van der Waals surface area contributed by atoms with Crippen molar-refractivity contribution in [2.24, 2.45) is 11.5 Å². The minimum atomic E-state index is 0.0512. The fourth-order valence-corrected chi connectivity index (χ4v) is 4.36. The van der Waals surface area contributed by atoms with Crippen molar-refractivity contribution in [1.82, 2.24) is 9.80 Å². The highest BCUT2D eigenvalue weighted by atomic mass is 16.5. The second-order valence-electron chi connectivity index (χ2n) is 8.41. The van der Waals surface area contributed by atoms with Gasteiger partial charge in [-0.15, -0.1) is 0 Å². The molecule has 6 N–H and O–H groups in total. The maximum absolute atomic E-state index is 13.0. The zero-order valence-electron chi connectivity index (χ0n) is 18.1. The van der Waals surface area contributed by atoms with Crippen LogP contribution >= 0.6 is 0 Å². The Balaban J connectivity index is 1.35. The van der Waals surface area contributed by atoms with Gasteiger partial charge in [-0.05, 0) is 48.2 Å². The Hall–Kier alpha value is -3.55. The van der Waals surface area contributed by atoms with Crippen molar-refractivity contribution in [2.45, 2.75) is 31.8 Å². The number of nitrogen functional groups attached to an aromatic ring is 1. The minimum Gasteiger partial charge on any atom is -0.490 e. The summed E-state index contributed by atoms with van der Waals surface area (Å²) >= 11 is 0. The highest BCUT2D eigenvalue weighted by Gasteiger charge is 2.26. The number of carbonyl (C=O) groups excluding carboxylic acids is 1. The van der Waals surface area contributed by atoms with Crippen molar-refractivity contribution in [3.63, 3.8) is 0 Å². The normalized spacial score (nSPS) is 16.6. The van der Waals surface area contributed by atoms with Crippen LogP contribution in [-0.4, -0.2) is 59.8 Å². The summed E-state index contributed by atoms with van der Waals surface area (Å²) in [5, 5.41) is 15.1. The number of nitrogens with one attached hydrogen (secondary N) is 2. The quantitative estimate of drug-likeness (QED) is 0.407. The summed E-state index contributed by atoms with van der Waals surface area (Å²) in [5.74, 6) is 1.02. The number of likely N-dealkylation sites (tertiary alicyclic amines) is 1. The number of benzene rings is 2. The smallest absolute Gasteiger partial charge is 0.254 e. The molecule has 2 heterocycles. The fraction of sp³-hybridized carbons (Fsp3) is 0.375. The number of rotatable bonds is 6. The van der Waals surface area contributed by atoms with Gasteiger partial charge >= 0.3 is 0 Å². The summed E-state index contributed by atoms with van der Waals surface area (Å²) in [7, 11) is 0. The molecule has 0 radical (unpaired) electrons. The summed E-state index contributed by atoms with van der Waals surface area (Å²) in [6, 6.07) is 13.4. The number of guanidine groups is 1. The van der Waals surface area contributed by atoms with E-state index in [1.807, 2.05) is 52.3 Å². The van der Waals surface area contributed by atoms with Gasteiger partial charge in [-0.2, -0.15) is 0 Å². The first-order valence-corrected chi connectivity index (χ1v) is 11.0. The second kappa shape index (κ2) is 9.30. The van der Waals surface area contributed by atoms with E-state index in [0.717, 1.165) is 61.2 Å². The lowest BCUT2D eigenvalue weighted by molar-refractivity contribution is 0.0741. The van der Waals surface area contributed by atoms with Crippen molar-refractivity contribution < 1.29 is 9.53 Å². The number of hydrogen-bond donors (Lipinski definition) is 4. The molecule has 8 heteroatoms. The van der Waals surface area contributed by atoms with Crippen LogP contribution in [0.15, 0.2) is 42.5 Å².